The van der Waals surface area contributed by atoms with Gasteiger partial charge in [0.25, 0.3) is 0 Å². The Morgan fingerprint density at radius 2 is 2.17 bits per heavy atom. The number of nitrogens with one attached hydrogen (secondary N) is 1. The fourth-order valence-corrected chi connectivity index (χ4v) is 4.60. The molecular formula is C17H26N2O3P+. The molecule has 6 heteroatoms. The molecule has 1 N–H and O–H groups in total. The Labute approximate surface area is 139 Å². The van der Waals surface area contributed by atoms with Crippen LogP contribution in [0.4, 0.5) is 0 Å². The zero-order valence-electron chi connectivity index (χ0n) is 14.1. The van der Waals surface area contributed by atoms with Crippen LogP contribution >= 0.6 is 8.38 Å². The summed E-state index contributed by atoms with van der Waals surface area (Å²) in [4.78, 5) is 8.16. The zero-order chi connectivity index (χ0) is 16.3. The number of aromatic amines is 1. The van der Waals surface area contributed by atoms with E-state index in [2.05, 4.69) is 49.5 Å². The summed E-state index contributed by atoms with van der Waals surface area (Å²) in [6.07, 6.45) is 6.51. The maximum Gasteiger partial charge on any atom is 0.213 e. The summed E-state index contributed by atoms with van der Waals surface area (Å²) >= 11 is 0. The molecule has 1 aliphatic heterocycles. The van der Waals surface area contributed by atoms with E-state index in [-0.39, 0.29) is 6.23 Å². The smallest absolute Gasteiger partial charge is 0.213 e. The van der Waals surface area contributed by atoms with Crippen molar-refractivity contribution >= 4 is 19.3 Å². The molecule has 2 atom stereocenters. The highest BCUT2D eigenvalue weighted by Crippen LogP contribution is 2.46. The molecule has 3 rings (SSSR count). The van der Waals surface area contributed by atoms with Crippen LogP contribution in [0.2, 0.25) is 0 Å². The van der Waals surface area contributed by atoms with E-state index in [1.54, 1.807) is 7.11 Å². The molecule has 0 bridgehead atoms. The molecule has 1 aromatic carbocycles. The molecule has 0 saturated carbocycles. The molecule has 1 aliphatic rings. The van der Waals surface area contributed by atoms with Crippen LogP contribution in [-0.4, -0.2) is 49.6 Å². The van der Waals surface area contributed by atoms with Gasteiger partial charge in [-0.2, -0.15) is 4.67 Å². The first-order chi connectivity index (χ1) is 11.1. The van der Waals surface area contributed by atoms with Crippen LogP contribution < -0.4 is 0 Å². The molecule has 0 aliphatic carbocycles. The summed E-state index contributed by atoms with van der Waals surface area (Å²) in [6.45, 7) is 1.03. The highest BCUT2D eigenvalue weighted by Gasteiger charge is 2.35. The molecule has 126 valence electrons. The van der Waals surface area contributed by atoms with Crippen molar-refractivity contribution < 1.29 is 18.6 Å². The third kappa shape index (κ3) is 3.93. The number of H-pyrrole nitrogens is 1. The molecule has 0 spiro atoms. The van der Waals surface area contributed by atoms with Gasteiger partial charge in [0.05, 0.1) is 27.7 Å². The van der Waals surface area contributed by atoms with Crippen LogP contribution in [-0.2, 0) is 20.5 Å². The van der Waals surface area contributed by atoms with Crippen LogP contribution in [0.3, 0.4) is 0 Å². The Morgan fingerprint density at radius 3 is 3.00 bits per heavy atom. The van der Waals surface area contributed by atoms with Crippen molar-refractivity contribution in [3.05, 3.63) is 36.0 Å². The minimum atomic E-state index is -0.903. The Morgan fingerprint density at radius 1 is 1.35 bits per heavy atom. The number of likely N-dealkylation sites (N-methyl/N-ethyl adjacent to an activating group) is 1. The molecular weight excluding hydrogens is 311 g/mol. The van der Waals surface area contributed by atoms with Gasteiger partial charge in [0.2, 0.25) is 8.38 Å². The fraction of sp³-hybridized carbons (Fsp3) is 0.529. The molecule has 5 nitrogen and oxygen atoms in total. The van der Waals surface area contributed by atoms with Crippen molar-refractivity contribution in [3.63, 3.8) is 0 Å². The first-order valence-electron chi connectivity index (χ1n) is 8.13. The molecule has 1 saturated heterocycles. The van der Waals surface area contributed by atoms with Crippen LogP contribution in [0.5, 0.6) is 0 Å². The first kappa shape index (κ1) is 16.9. The quantitative estimate of drug-likeness (QED) is 0.377. The summed E-state index contributed by atoms with van der Waals surface area (Å²) in [6, 6.07) is 8.47. The van der Waals surface area contributed by atoms with E-state index in [1.807, 2.05) is 0 Å². The molecule has 2 unspecified atom stereocenters. The van der Waals surface area contributed by atoms with Crippen molar-refractivity contribution in [2.24, 2.45) is 0 Å². The van der Waals surface area contributed by atoms with E-state index in [9.17, 15) is 0 Å². The van der Waals surface area contributed by atoms with Gasteiger partial charge in [-0.05, 0) is 18.1 Å². The van der Waals surface area contributed by atoms with Crippen molar-refractivity contribution in [2.45, 2.75) is 25.5 Å². The topological polar surface area (TPSA) is 43.5 Å². The summed E-state index contributed by atoms with van der Waals surface area (Å²) in [7, 11) is 5.13. The molecule has 1 aromatic heterocycles. The van der Waals surface area contributed by atoms with Crippen LogP contribution in [0, 0.1) is 0 Å². The maximum atomic E-state index is 6.13. The van der Waals surface area contributed by atoms with Crippen molar-refractivity contribution in [3.8, 4) is 0 Å². The predicted molar refractivity (Wildman–Crippen MR) is 93.0 cm³/mol. The lowest BCUT2D eigenvalue weighted by Gasteiger charge is -2.40. The second kappa shape index (κ2) is 7.29. The molecule has 0 amide bonds. The molecule has 1 fully saturated rings. The van der Waals surface area contributed by atoms with E-state index >= 15 is 0 Å². The van der Waals surface area contributed by atoms with Gasteiger partial charge < -0.3 is 9.47 Å². The molecule has 2 heterocycles. The maximum absolute atomic E-state index is 6.13. The van der Waals surface area contributed by atoms with Crippen LogP contribution in [0.25, 0.3) is 10.9 Å². The van der Waals surface area contributed by atoms with E-state index in [0.717, 1.165) is 36.5 Å². The zero-order valence-corrected chi connectivity index (χ0v) is 15.0. The number of quaternary nitrogens is 1. The van der Waals surface area contributed by atoms with Gasteiger partial charge in [-0.3, -0.25) is 4.52 Å². The largest absolute Gasteiger partial charge is 0.361 e. The summed E-state index contributed by atoms with van der Waals surface area (Å²) in [5.41, 5.74) is 2.58. The normalized spacial score (nSPS) is 22.6. The van der Waals surface area contributed by atoms with Gasteiger partial charge in [0.1, 0.15) is 0 Å². The van der Waals surface area contributed by atoms with Crippen molar-refractivity contribution in [2.75, 3.05) is 33.9 Å². The predicted octanol–water partition coefficient (Wildman–Crippen LogP) is 3.81. The van der Waals surface area contributed by atoms with E-state index in [0.29, 0.717) is 0 Å². The number of benzene rings is 1. The Balaban J connectivity index is 1.64. The lowest BCUT2D eigenvalue weighted by molar-refractivity contribution is -0.934. The number of hydrogen-bond donors (Lipinski definition) is 1. The molecule has 2 aromatic rings. The van der Waals surface area contributed by atoms with Gasteiger partial charge in [0.15, 0.2) is 6.23 Å². The Hall–Kier alpha value is -0.970. The second-order valence-corrected chi connectivity index (χ2v) is 8.08. The molecule has 0 radical (unpaired) electrons. The lowest BCUT2D eigenvalue weighted by Crippen LogP contribution is -2.51. The number of hydrogen-bond acceptors (Lipinski definition) is 3. The van der Waals surface area contributed by atoms with Gasteiger partial charge >= 0.3 is 0 Å². The third-order valence-corrected chi connectivity index (χ3v) is 6.08. The van der Waals surface area contributed by atoms with Crippen molar-refractivity contribution in [1.82, 2.24) is 4.98 Å². The first-order valence-corrected chi connectivity index (χ1v) is 9.49. The van der Waals surface area contributed by atoms with Crippen LogP contribution in [0.15, 0.2) is 30.5 Å². The monoisotopic (exact) mass is 337 g/mol. The average Bonchev–Trinajstić information content (AvgIpc) is 2.97. The Bertz CT molecular complexity index is 642. The minimum absolute atomic E-state index is 0.176. The third-order valence-electron chi connectivity index (χ3n) is 4.60. The fourth-order valence-electron chi connectivity index (χ4n) is 3.14. The lowest BCUT2D eigenvalue weighted by atomic mass is 10.1. The van der Waals surface area contributed by atoms with Gasteiger partial charge in [-0.15, -0.1) is 0 Å². The van der Waals surface area contributed by atoms with E-state index < -0.39 is 8.38 Å². The number of aromatic nitrogens is 1. The second-order valence-electron chi connectivity index (χ2n) is 6.61. The SMILES string of the molecule is COOP1CCCC([N+](C)(C)CCc2c[nH]c3ccccc23)O1. The number of nitrogens with zero attached hydrogens (tertiary/aromatic N) is 1. The summed E-state index contributed by atoms with van der Waals surface area (Å²) < 4.78 is 12.2. The Kier molecular flexibility index (Phi) is 5.34. The number of fused-ring (bicyclic) bond motifs is 1. The number of para-hydroxylation sites is 1. The van der Waals surface area contributed by atoms with Gasteiger partial charge in [0, 0.05) is 36.1 Å². The van der Waals surface area contributed by atoms with Gasteiger partial charge in [-0.1, -0.05) is 18.2 Å². The minimum Gasteiger partial charge on any atom is -0.361 e. The standard InChI is InChI=1S/C17H26N2O3P/c1-19(2,17-9-6-12-23(21-17)22-20-3)11-10-14-13-18-16-8-5-4-7-15(14)16/h4-5,7-8,13,17-18H,6,9-12H2,1-3H3/q+1. The highest BCUT2D eigenvalue weighted by molar-refractivity contribution is 7.47. The average molecular weight is 337 g/mol. The van der Waals surface area contributed by atoms with E-state index in [4.69, 9.17) is 14.1 Å². The summed E-state index contributed by atoms with van der Waals surface area (Å²) in [5, 5.41) is 1.32. The van der Waals surface area contributed by atoms with Gasteiger partial charge in [-0.25, -0.2) is 4.89 Å². The molecule has 23 heavy (non-hydrogen) atoms. The summed E-state index contributed by atoms with van der Waals surface area (Å²) in [5.74, 6) is 0. The van der Waals surface area contributed by atoms with Crippen molar-refractivity contribution in [1.29, 1.82) is 0 Å². The van der Waals surface area contributed by atoms with E-state index in [1.165, 1.54) is 16.5 Å². The highest BCUT2D eigenvalue weighted by atomic mass is 31.2. The van der Waals surface area contributed by atoms with Crippen LogP contribution in [0.1, 0.15) is 18.4 Å². The number of rotatable bonds is 6.